The minimum absolute atomic E-state index is 0.0102. The van der Waals surface area contributed by atoms with E-state index in [1.165, 1.54) is 12.3 Å². The molecule has 7 N–H and O–H groups in total. The SMILES string of the molecule is C=C(C(=O)N[C@@H](C[C@@H]1CCNC1=O)C(N)=O)[C@@H]1[C@@H]2[C@H](CN1C(=O)[C@H](CN/C=C\C=N)NC(=O)OC(C)(C)C)C2(C)C. The van der Waals surface area contributed by atoms with Crippen molar-refractivity contribution < 1.29 is 28.7 Å². The summed E-state index contributed by atoms with van der Waals surface area (Å²) in [5.74, 6) is -2.38. The lowest BCUT2D eigenvalue weighted by Crippen LogP contribution is -2.57. The number of carbonyl (C=O) groups excluding carboxylic acids is 5. The van der Waals surface area contributed by atoms with Gasteiger partial charge < -0.3 is 42.0 Å². The number of rotatable bonds is 12. The number of nitrogens with one attached hydrogen (secondary N) is 5. The number of hydrogen-bond acceptors (Lipinski definition) is 8. The number of ether oxygens (including phenoxy) is 1. The minimum atomic E-state index is -1.08. The Hall–Kier alpha value is -3.90. The van der Waals surface area contributed by atoms with Crippen LogP contribution in [0.25, 0.3) is 0 Å². The summed E-state index contributed by atoms with van der Waals surface area (Å²) >= 11 is 0. The molecule has 0 aromatic rings. The van der Waals surface area contributed by atoms with Gasteiger partial charge in [-0.15, -0.1) is 0 Å². The zero-order valence-electron chi connectivity index (χ0n) is 24.4. The van der Waals surface area contributed by atoms with Gasteiger partial charge in [0.1, 0.15) is 17.7 Å². The maximum Gasteiger partial charge on any atom is 0.408 e. The molecule has 13 nitrogen and oxygen atoms in total. The number of alkyl carbamates (subject to hydrolysis) is 1. The summed E-state index contributed by atoms with van der Waals surface area (Å²) in [4.78, 5) is 65.6. The van der Waals surface area contributed by atoms with Crippen LogP contribution in [0.4, 0.5) is 4.79 Å². The van der Waals surface area contributed by atoms with E-state index < -0.39 is 53.5 Å². The fourth-order valence-electron chi connectivity index (χ4n) is 5.85. The first kappa shape index (κ1) is 31.6. The maximum absolute atomic E-state index is 13.9. The molecule has 3 aliphatic rings. The van der Waals surface area contributed by atoms with E-state index in [4.69, 9.17) is 15.9 Å². The monoisotopic (exact) mass is 573 g/mol. The molecule has 1 aliphatic carbocycles. The molecule has 13 heteroatoms. The molecule has 2 aliphatic heterocycles. The number of likely N-dealkylation sites (tertiary alicyclic amines) is 1. The first-order valence-corrected chi connectivity index (χ1v) is 13.8. The molecular weight excluding hydrogens is 530 g/mol. The van der Waals surface area contributed by atoms with Gasteiger partial charge in [0.15, 0.2) is 0 Å². The van der Waals surface area contributed by atoms with Crippen molar-refractivity contribution in [3.8, 4) is 0 Å². The van der Waals surface area contributed by atoms with Crippen LogP contribution >= 0.6 is 0 Å². The molecule has 41 heavy (non-hydrogen) atoms. The van der Waals surface area contributed by atoms with E-state index in [2.05, 4.69) is 41.7 Å². The van der Waals surface area contributed by atoms with Crippen LogP contribution in [0.1, 0.15) is 47.5 Å². The second-order valence-electron chi connectivity index (χ2n) is 12.5. The highest BCUT2D eigenvalue weighted by Gasteiger charge is 2.68. The van der Waals surface area contributed by atoms with E-state index in [1.54, 1.807) is 25.7 Å². The van der Waals surface area contributed by atoms with E-state index in [0.717, 1.165) is 6.21 Å². The molecule has 3 rings (SSSR count). The average Bonchev–Trinajstić information content (AvgIpc) is 3.21. The Morgan fingerprint density at radius 1 is 1.24 bits per heavy atom. The number of amides is 5. The lowest BCUT2D eigenvalue weighted by atomic mass is 9.94. The Balaban J connectivity index is 1.79. The third-order valence-corrected chi connectivity index (χ3v) is 8.09. The number of fused-ring (bicyclic) bond motifs is 1. The smallest absolute Gasteiger partial charge is 0.408 e. The van der Waals surface area contributed by atoms with Gasteiger partial charge in [0.05, 0.1) is 6.04 Å². The van der Waals surface area contributed by atoms with E-state index in [-0.39, 0.29) is 41.7 Å². The van der Waals surface area contributed by atoms with E-state index in [1.807, 2.05) is 0 Å². The number of piperidine rings is 1. The zero-order valence-corrected chi connectivity index (χ0v) is 24.4. The Morgan fingerprint density at radius 2 is 1.93 bits per heavy atom. The molecule has 0 aromatic carbocycles. The van der Waals surface area contributed by atoms with Crippen LogP contribution in [0.5, 0.6) is 0 Å². The third kappa shape index (κ3) is 7.44. The molecular formula is C28H43N7O6. The van der Waals surface area contributed by atoms with Crippen LogP contribution in [0.3, 0.4) is 0 Å². The number of primary amides is 1. The van der Waals surface area contributed by atoms with Gasteiger partial charge in [-0.1, -0.05) is 20.4 Å². The van der Waals surface area contributed by atoms with Gasteiger partial charge in [0, 0.05) is 37.3 Å². The number of nitrogens with two attached hydrogens (primary N) is 1. The third-order valence-electron chi connectivity index (χ3n) is 8.09. The van der Waals surface area contributed by atoms with Crippen LogP contribution in [-0.2, 0) is 23.9 Å². The van der Waals surface area contributed by atoms with Crippen molar-refractivity contribution in [2.24, 2.45) is 28.9 Å². The Morgan fingerprint density at radius 3 is 2.49 bits per heavy atom. The summed E-state index contributed by atoms with van der Waals surface area (Å²) in [6.07, 6.45) is 3.82. The molecule has 6 atom stereocenters. The van der Waals surface area contributed by atoms with Crippen LogP contribution in [-0.4, -0.2) is 84.2 Å². The second kappa shape index (κ2) is 12.3. The largest absolute Gasteiger partial charge is 0.444 e. The summed E-state index contributed by atoms with van der Waals surface area (Å²) < 4.78 is 5.36. The summed E-state index contributed by atoms with van der Waals surface area (Å²) in [6.45, 7) is 14.1. The summed E-state index contributed by atoms with van der Waals surface area (Å²) in [6, 6.07) is -2.79. The Labute approximate surface area is 240 Å². The van der Waals surface area contributed by atoms with Gasteiger partial charge in [0.25, 0.3) is 0 Å². The molecule has 0 aromatic heterocycles. The molecule has 2 heterocycles. The topological polar surface area (TPSA) is 196 Å². The number of nitrogens with zero attached hydrogens (tertiary/aromatic N) is 1. The van der Waals surface area contributed by atoms with Crippen molar-refractivity contribution in [2.75, 3.05) is 19.6 Å². The number of carbonyl (C=O) groups is 5. The van der Waals surface area contributed by atoms with Gasteiger partial charge in [0.2, 0.25) is 23.6 Å². The van der Waals surface area contributed by atoms with Crippen molar-refractivity contribution in [2.45, 2.75) is 71.2 Å². The molecule has 0 unspecified atom stereocenters. The van der Waals surface area contributed by atoms with E-state index in [9.17, 15) is 24.0 Å². The number of allylic oxidation sites excluding steroid dienone is 1. The predicted octanol–water partition coefficient (Wildman–Crippen LogP) is 0.168. The van der Waals surface area contributed by atoms with Gasteiger partial charge in [-0.2, -0.15) is 0 Å². The van der Waals surface area contributed by atoms with E-state index in [0.29, 0.717) is 19.5 Å². The molecule has 1 saturated carbocycles. The second-order valence-corrected chi connectivity index (χ2v) is 12.5. The summed E-state index contributed by atoms with van der Waals surface area (Å²) in [5.41, 5.74) is 4.73. The van der Waals surface area contributed by atoms with Crippen molar-refractivity contribution in [1.29, 1.82) is 5.41 Å². The van der Waals surface area contributed by atoms with Crippen molar-refractivity contribution in [3.63, 3.8) is 0 Å². The van der Waals surface area contributed by atoms with E-state index >= 15 is 0 Å². The molecule has 0 radical (unpaired) electrons. The van der Waals surface area contributed by atoms with Crippen molar-refractivity contribution >= 4 is 35.9 Å². The zero-order chi connectivity index (χ0) is 30.7. The highest BCUT2D eigenvalue weighted by atomic mass is 16.6. The fourth-order valence-corrected chi connectivity index (χ4v) is 5.85. The van der Waals surface area contributed by atoms with Crippen LogP contribution in [0.15, 0.2) is 24.4 Å². The maximum atomic E-state index is 13.9. The lowest BCUT2D eigenvalue weighted by molar-refractivity contribution is -0.135. The molecule has 5 amide bonds. The quantitative estimate of drug-likeness (QED) is 0.141. The Kier molecular flexibility index (Phi) is 9.50. The average molecular weight is 574 g/mol. The number of hydrogen-bond donors (Lipinski definition) is 6. The predicted molar refractivity (Wildman–Crippen MR) is 151 cm³/mol. The fraction of sp³-hybridized carbons (Fsp3) is 0.643. The van der Waals surface area contributed by atoms with Crippen molar-refractivity contribution in [1.82, 2.24) is 26.2 Å². The molecule has 226 valence electrons. The highest BCUT2D eigenvalue weighted by Crippen LogP contribution is 2.65. The van der Waals surface area contributed by atoms with Crippen LogP contribution < -0.4 is 27.0 Å². The standard InChI is InChI=1S/C28H43N7O6/c1-15(23(37)33-18(22(30)36)12-16-8-11-32-24(16)38)21-20-17(28(20,5)6)14-35(21)25(39)19(13-31-10-7-9-29)34-26(40)41-27(2,3)4/h7,9-10,16-21,29,31H,1,8,11-14H2,2-6H3,(H2,30,36)(H,32,38)(H,33,37)(H,34,40)/b10-7-,29-9?/t16-,17-,18-,19-,20-,21+/m0/s1. The summed E-state index contributed by atoms with van der Waals surface area (Å²) in [7, 11) is 0. The van der Waals surface area contributed by atoms with Gasteiger partial charge in [-0.05, 0) is 63.1 Å². The highest BCUT2D eigenvalue weighted by molar-refractivity contribution is 5.99. The van der Waals surface area contributed by atoms with Gasteiger partial charge in [-0.25, -0.2) is 4.79 Å². The molecule has 3 fully saturated rings. The van der Waals surface area contributed by atoms with Crippen LogP contribution in [0.2, 0.25) is 0 Å². The molecule has 2 saturated heterocycles. The minimum Gasteiger partial charge on any atom is -0.444 e. The normalized spacial score (nSPS) is 25.9. The molecule has 0 spiro atoms. The Bertz CT molecular complexity index is 1130. The first-order chi connectivity index (χ1) is 19.1. The van der Waals surface area contributed by atoms with Gasteiger partial charge >= 0.3 is 6.09 Å². The first-order valence-electron chi connectivity index (χ1n) is 13.8. The molecule has 0 bridgehead atoms. The van der Waals surface area contributed by atoms with Crippen LogP contribution in [0, 0.1) is 28.6 Å². The lowest BCUT2D eigenvalue weighted by Gasteiger charge is -2.35. The van der Waals surface area contributed by atoms with Gasteiger partial charge in [-0.3, -0.25) is 19.2 Å². The summed E-state index contributed by atoms with van der Waals surface area (Å²) in [5, 5.41) is 18.0. The van der Waals surface area contributed by atoms with Crippen molar-refractivity contribution in [3.05, 3.63) is 24.4 Å².